The lowest BCUT2D eigenvalue weighted by atomic mass is 9.78. The summed E-state index contributed by atoms with van der Waals surface area (Å²) in [7, 11) is 0. The molecule has 1 saturated carbocycles. The number of aliphatic hydroxyl groups is 1. The third kappa shape index (κ3) is 2.96. The molecule has 3 N–H and O–H groups in total. The number of fused-ring (bicyclic) bond motifs is 1. The van der Waals surface area contributed by atoms with Gasteiger partial charge in [-0.25, -0.2) is 0 Å². The summed E-state index contributed by atoms with van der Waals surface area (Å²) in [5.74, 6) is 0.952. The quantitative estimate of drug-likeness (QED) is 0.761. The van der Waals surface area contributed by atoms with Crippen molar-refractivity contribution in [2.75, 3.05) is 19.7 Å². The Kier molecular flexibility index (Phi) is 4.62. The predicted octanol–water partition coefficient (Wildman–Crippen LogP) is 1.35. The number of hydrogen-bond donors (Lipinski definition) is 2. The second-order valence-corrected chi connectivity index (χ2v) is 5.52. The van der Waals surface area contributed by atoms with Crippen molar-refractivity contribution in [1.82, 2.24) is 4.90 Å². The summed E-state index contributed by atoms with van der Waals surface area (Å²) in [6.45, 7) is 2.46. The summed E-state index contributed by atoms with van der Waals surface area (Å²) in [6.07, 6.45) is 9.41. The van der Waals surface area contributed by atoms with Gasteiger partial charge < -0.3 is 15.7 Å². The van der Waals surface area contributed by atoms with Crippen LogP contribution in [0.3, 0.4) is 0 Å². The molecule has 0 radical (unpaired) electrons. The van der Waals surface area contributed by atoms with Gasteiger partial charge in [-0.2, -0.15) is 0 Å². The van der Waals surface area contributed by atoms with Gasteiger partial charge in [-0.15, -0.1) is 0 Å². The van der Waals surface area contributed by atoms with Crippen molar-refractivity contribution < 1.29 is 5.11 Å². The molecule has 3 heteroatoms. The molecule has 3 nitrogen and oxygen atoms in total. The van der Waals surface area contributed by atoms with Gasteiger partial charge >= 0.3 is 0 Å². The fourth-order valence-electron chi connectivity index (χ4n) is 3.43. The van der Waals surface area contributed by atoms with Crippen LogP contribution in [0.15, 0.2) is 0 Å². The van der Waals surface area contributed by atoms with Crippen molar-refractivity contribution in [3.63, 3.8) is 0 Å². The van der Waals surface area contributed by atoms with Gasteiger partial charge in [0.1, 0.15) is 0 Å². The van der Waals surface area contributed by atoms with E-state index in [0.717, 1.165) is 24.9 Å². The lowest BCUT2D eigenvalue weighted by Gasteiger charge is -2.44. The number of aliphatic hydroxyl groups excluding tert-OH is 1. The molecule has 94 valence electrons. The molecule has 1 aliphatic heterocycles. The van der Waals surface area contributed by atoms with Crippen molar-refractivity contribution >= 4 is 0 Å². The van der Waals surface area contributed by atoms with Crippen molar-refractivity contribution in [2.24, 2.45) is 11.7 Å². The van der Waals surface area contributed by atoms with E-state index in [-0.39, 0.29) is 12.6 Å². The van der Waals surface area contributed by atoms with Crippen LogP contribution < -0.4 is 5.73 Å². The topological polar surface area (TPSA) is 49.5 Å². The van der Waals surface area contributed by atoms with Gasteiger partial charge in [0, 0.05) is 12.1 Å². The van der Waals surface area contributed by atoms with Gasteiger partial charge in [0.2, 0.25) is 0 Å². The maximum Gasteiger partial charge on any atom is 0.0583 e. The molecule has 0 spiro atoms. The Bertz CT molecular complexity index is 208. The van der Waals surface area contributed by atoms with Crippen LogP contribution in [0.2, 0.25) is 0 Å². The Balaban J connectivity index is 1.82. The van der Waals surface area contributed by atoms with Crippen LogP contribution in [0.4, 0.5) is 0 Å². The smallest absolute Gasteiger partial charge is 0.0583 e. The van der Waals surface area contributed by atoms with Crippen LogP contribution in [0.25, 0.3) is 0 Å². The molecule has 3 unspecified atom stereocenters. The van der Waals surface area contributed by atoms with E-state index in [0.29, 0.717) is 0 Å². The number of likely N-dealkylation sites (tertiary alicyclic amines) is 1. The number of nitrogens with zero attached hydrogens (tertiary/aromatic N) is 1. The highest BCUT2D eigenvalue weighted by molar-refractivity contribution is 4.87. The molecule has 1 saturated heterocycles. The van der Waals surface area contributed by atoms with Gasteiger partial charge in [0.05, 0.1) is 6.61 Å². The second kappa shape index (κ2) is 5.99. The van der Waals surface area contributed by atoms with E-state index in [1.165, 1.54) is 45.1 Å². The molecular weight excluding hydrogens is 200 g/mol. The Labute approximate surface area is 99.0 Å². The van der Waals surface area contributed by atoms with Crippen LogP contribution in [0.5, 0.6) is 0 Å². The van der Waals surface area contributed by atoms with Gasteiger partial charge in [-0.05, 0) is 51.1 Å². The zero-order valence-corrected chi connectivity index (χ0v) is 10.3. The lowest BCUT2D eigenvalue weighted by molar-refractivity contribution is 0.0570. The second-order valence-electron chi connectivity index (χ2n) is 5.52. The Morgan fingerprint density at radius 2 is 1.94 bits per heavy atom. The predicted molar refractivity (Wildman–Crippen MR) is 66.2 cm³/mol. The molecule has 3 atom stereocenters. The van der Waals surface area contributed by atoms with E-state index in [9.17, 15) is 0 Å². The molecule has 1 heterocycles. The van der Waals surface area contributed by atoms with Crippen LogP contribution >= 0.6 is 0 Å². The fourth-order valence-corrected chi connectivity index (χ4v) is 3.43. The van der Waals surface area contributed by atoms with Crippen LogP contribution in [-0.4, -0.2) is 41.8 Å². The molecule has 0 aromatic carbocycles. The summed E-state index contributed by atoms with van der Waals surface area (Å²) in [5, 5.41) is 8.95. The minimum absolute atomic E-state index is 0.0241. The zero-order valence-electron chi connectivity index (χ0n) is 10.3. The first-order chi connectivity index (χ1) is 7.81. The van der Waals surface area contributed by atoms with E-state index in [1.54, 1.807) is 0 Å². The molecule has 1 aliphatic carbocycles. The minimum Gasteiger partial charge on any atom is -0.395 e. The van der Waals surface area contributed by atoms with Gasteiger partial charge in [0.15, 0.2) is 0 Å². The summed E-state index contributed by atoms with van der Waals surface area (Å²) >= 11 is 0. The molecule has 0 bridgehead atoms. The first kappa shape index (κ1) is 12.3. The summed E-state index contributed by atoms with van der Waals surface area (Å²) in [4.78, 5) is 2.64. The molecule has 0 aromatic heterocycles. The molecule has 2 fully saturated rings. The van der Waals surface area contributed by atoms with Crippen molar-refractivity contribution in [3.05, 3.63) is 0 Å². The summed E-state index contributed by atoms with van der Waals surface area (Å²) < 4.78 is 0. The SMILES string of the molecule is NC(CO)CCN1CCCC2CCCCC21. The Morgan fingerprint density at radius 1 is 1.19 bits per heavy atom. The minimum atomic E-state index is -0.0241. The normalized spacial score (nSPS) is 33.4. The average Bonchev–Trinajstić information content (AvgIpc) is 2.35. The van der Waals surface area contributed by atoms with Gasteiger partial charge in [-0.1, -0.05) is 12.8 Å². The number of piperidine rings is 1. The first-order valence-corrected chi connectivity index (χ1v) is 6.91. The third-order valence-corrected chi connectivity index (χ3v) is 4.38. The number of nitrogens with two attached hydrogens (primary N) is 1. The summed E-state index contributed by atoms with van der Waals surface area (Å²) in [6, 6.07) is 0.803. The molecule has 16 heavy (non-hydrogen) atoms. The Hall–Kier alpha value is -0.120. The van der Waals surface area contributed by atoms with Crippen molar-refractivity contribution in [3.8, 4) is 0 Å². The van der Waals surface area contributed by atoms with Gasteiger partial charge in [-0.3, -0.25) is 0 Å². The van der Waals surface area contributed by atoms with Crippen LogP contribution in [-0.2, 0) is 0 Å². The van der Waals surface area contributed by atoms with E-state index >= 15 is 0 Å². The summed E-state index contributed by atoms with van der Waals surface area (Å²) in [5.41, 5.74) is 5.78. The first-order valence-electron chi connectivity index (χ1n) is 6.91. The third-order valence-electron chi connectivity index (χ3n) is 4.38. The van der Waals surface area contributed by atoms with E-state index in [1.807, 2.05) is 0 Å². The number of rotatable bonds is 4. The van der Waals surface area contributed by atoms with E-state index in [4.69, 9.17) is 10.8 Å². The maximum absolute atomic E-state index is 8.95. The lowest BCUT2D eigenvalue weighted by Crippen LogP contribution is -2.48. The largest absolute Gasteiger partial charge is 0.395 e. The van der Waals surface area contributed by atoms with E-state index < -0.39 is 0 Å². The van der Waals surface area contributed by atoms with Crippen molar-refractivity contribution in [2.45, 2.75) is 57.0 Å². The average molecular weight is 226 g/mol. The molecule has 0 aromatic rings. The zero-order chi connectivity index (χ0) is 11.4. The number of hydrogen-bond acceptors (Lipinski definition) is 3. The van der Waals surface area contributed by atoms with Crippen LogP contribution in [0.1, 0.15) is 44.9 Å². The molecule has 2 rings (SSSR count). The van der Waals surface area contributed by atoms with Gasteiger partial charge in [0.25, 0.3) is 0 Å². The molecule has 0 amide bonds. The molecular formula is C13H26N2O. The van der Waals surface area contributed by atoms with Crippen molar-refractivity contribution in [1.29, 1.82) is 0 Å². The molecule has 2 aliphatic rings. The monoisotopic (exact) mass is 226 g/mol. The standard InChI is InChI=1S/C13H26N2O/c14-12(10-16)7-9-15-8-3-5-11-4-1-2-6-13(11)15/h11-13,16H,1-10,14H2. The highest BCUT2D eigenvalue weighted by Gasteiger charge is 2.32. The maximum atomic E-state index is 8.95. The highest BCUT2D eigenvalue weighted by atomic mass is 16.3. The fraction of sp³-hybridized carbons (Fsp3) is 1.00. The highest BCUT2D eigenvalue weighted by Crippen LogP contribution is 2.35. The Morgan fingerprint density at radius 3 is 2.75 bits per heavy atom. The van der Waals surface area contributed by atoms with E-state index in [2.05, 4.69) is 4.90 Å². The van der Waals surface area contributed by atoms with Crippen LogP contribution in [0, 0.1) is 5.92 Å².